The van der Waals surface area contributed by atoms with Gasteiger partial charge < -0.3 is 16.2 Å². The normalized spacial score (nSPS) is 10.3. The summed E-state index contributed by atoms with van der Waals surface area (Å²) in [5, 5.41) is 12.1. The van der Waals surface area contributed by atoms with Gasteiger partial charge in [0.1, 0.15) is 5.00 Å². The maximum atomic E-state index is 11.3. The molecule has 0 spiro atoms. The van der Waals surface area contributed by atoms with Gasteiger partial charge in [-0.15, -0.1) is 11.3 Å². The van der Waals surface area contributed by atoms with E-state index in [0.717, 1.165) is 11.3 Å². The van der Waals surface area contributed by atoms with Crippen LogP contribution in [-0.4, -0.2) is 22.9 Å². The number of aromatic carboxylic acids is 1. The standard InChI is InChI=1S/C13H8Cl2N2O4S/c14-5-1-2-6(8(15)3-5)9-4-7(13(20)21)12(22-9)17-11(19)10(16)18/h1-4H,(H2,16,18)(H,17,19)(H,20,21). The summed E-state index contributed by atoms with van der Waals surface area (Å²) >= 11 is 12.8. The van der Waals surface area contributed by atoms with Crippen molar-refractivity contribution in [2.75, 3.05) is 5.32 Å². The van der Waals surface area contributed by atoms with Crippen LogP contribution < -0.4 is 11.1 Å². The maximum Gasteiger partial charge on any atom is 0.338 e. The van der Waals surface area contributed by atoms with E-state index in [1.165, 1.54) is 12.1 Å². The minimum atomic E-state index is -1.26. The highest BCUT2D eigenvalue weighted by molar-refractivity contribution is 7.20. The van der Waals surface area contributed by atoms with Gasteiger partial charge in [-0.25, -0.2) is 4.79 Å². The third kappa shape index (κ3) is 3.38. The highest BCUT2D eigenvalue weighted by Crippen LogP contribution is 2.39. The van der Waals surface area contributed by atoms with Crippen LogP contribution in [0.4, 0.5) is 5.00 Å². The summed E-state index contributed by atoms with van der Waals surface area (Å²) in [4.78, 5) is 33.9. The Balaban J connectivity index is 2.48. The number of hydrogen-bond donors (Lipinski definition) is 3. The average molecular weight is 359 g/mol. The van der Waals surface area contributed by atoms with E-state index in [0.29, 0.717) is 20.5 Å². The van der Waals surface area contributed by atoms with Gasteiger partial charge in [0.25, 0.3) is 0 Å². The number of carboxylic acids is 1. The fourth-order valence-electron chi connectivity index (χ4n) is 1.63. The minimum absolute atomic E-state index is 0.00248. The zero-order valence-electron chi connectivity index (χ0n) is 10.7. The molecule has 2 rings (SSSR count). The topological polar surface area (TPSA) is 109 Å². The molecule has 0 bridgehead atoms. The smallest absolute Gasteiger partial charge is 0.338 e. The van der Waals surface area contributed by atoms with E-state index in [-0.39, 0.29) is 10.6 Å². The molecule has 1 heterocycles. The lowest BCUT2D eigenvalue weighted by atomic mass is 10.1. The molecule has 0 saturated carbocycles. The van der Waals surface area contributed by atoms with E-state index >= 15 is 0 Å². The lowest BCUT2D eigenvalue weighted by Crippen LogP contribution is -2.29. The second kappa shape index (κ2) is 6.35. The molecule has 0 atom stereocenters. The first-order valence-corrected chi connectivity index (χ1v) is 7.30. The summed E-state index contributed by atoms with van der Waals surface area (Å²) in [7, 11) is 0. The van der Waals surface area contributed by atoms with Gasteiger partial charge >= 0.3 is 17.8 Å². The van der Waals surface area contributed by atoms with Crippen molar-refractivity contribution in [3.05, 3.63) is 39.9 Å². The van der Waals surface area contributed by atoms with Crippen LogP contribution in [0.3, 0.4) is 0 Å². The molecular formula is C13H8Cl2N2O4S. The highest BCUT2D eigenvalue weighted by atomic mass is 35.5. The number of carbonyl (C=O) groups excluding carboxylic acids is 2. The fraction of sp³-hybridized carbons (Fsp3) is 0. The van der Waals surface area contributed by atoms with Crippen LogP contribution in [0.25, 0.3) is 10.4 Å². The number of carboxylic acid groups (broad SMARTS) is 1. The molecule has 0 fully saturated rings. The first kappa shape index (κ1) is 16.3. The molecule has 0 aliphatic heterocycles. The number of amides is 2. The van der Waals surface area contributed by atoms with Gasteiger partial charge in [0.05, 0.1) is 10.6 Å². The number of halogens is 2. The number of anilines is 1. The summed E-state index contributed by atoms with van der Waals surface area (Å²) < 4.78 is 0. The number of rotatable bonds is 3. The number of nitrogens with one attached hydrogen (secondary N) is 1. The largest absolute Gasteiger partial charge is 0.478 e. The van der Waals surface area contributed by atoms with Gasteiger partial charge in [-0.1, -0.05) is 29.3 Å². The third-order valence-corrected chi connectivity index (χ3v) is 4.24. The molecule has 0 aliphatic carbocycles. The Morgan fingerprint density at radius 3 is 2.41 bits per heavy atom. The number of thiophene rings is 1. The van der Waals surface area contributed by atoms with E-state index in [1.807, 2.05) is 0 Å². The monoisotopic (exact) mass is 358 g/mol. The summed E-state index contributed by atoms with van der Waals surface area (Å²) in [5.74, 6) is -3.57. The third-order valence-electron chi connectivity index (χ3n) is 2.61. The predicted octanol–water partition coefficient (Wildman–Crippen LogP) is 2.84. The SMILES string of the molecule is NC(=O)C(=O)Nc1sc(-c2ccc(Cl)cc2Cl)cc1C(=O)O. The Labute approximate surface area is 138 Å². The minimum Gasteiger partial charge on any atom is -0.478 e. The fourth-order valence-corrected chi connectivity index (χ4v) is 3.28. The van der Waals surface area contributed by atoms with Crippen molar-refractivity contribution >= 4 is 57.3 Å². The molecule has 0 unspecified atom stereocenters. The molecule has 0 aliphatic rings. The zero-order chi connectivity index (χ0) is 16.4. The Hall–Kier alpha value is -2.09. The summed E-state index contributed by atoms with van der Waals surface area (Å²) in [5.41, 5.74) is 5.23. The van der Waals surface area contributed by atoms with Gasteiger partial charge in [0.2, 0.25) is 0 Å². The molecule has 9 heteroatoms. The molecule has 22 heavy (non-hydrogen) atoms. The summed E-state index contributed by atoms with van der Waals surface area (Å²) in [6, 6.07) is 6.09. The second-order valence-corrected chi connectivity index (χ2v) is 6.00. The van der Waals surface area contributed by atoms with Gasteiger partial charge in [0.15, 0.2) is 0 Å². The molecule has 1 aromatic heterocycles. The van der Waals surface area contributed by atoms with Gasteiger partial charge in [0, 0.05) is 15.5 Å². The number of hydrogen-bond acceptors (Lipinski definition) is 4. The maximum absolute atomic E-state index is 11.3. The van der Waals surface area contributed by atoms with E-state index in [2.05, 4.69) is 5.32 Å². The first-order valence-electron chi connectivity index (χ1n) is 5.73. The molecule has 0 radical (unpaired) electrons. The van der Waals surface area contributed by atoms with Crippen LogP contribution in [0.5, 0.6) is 0 Å². The van der Waals surface area contributed by atoms with E-state index < -0.39 is 17.8 Å². The van der Waals surface area contributed by atoms with Crippen molar-refractivity contribution in [1.82, 2.24) is 0 Å². The molecule has 2 aromatic rings. The Kier molecular flexibility index (Phi) is 4.70. The molecule has 2 amide bonds. The summed E-state index contributed by atoms with van der Waals surface area (Å²) in [6.07, 6.45) is 0. The van der Waals surface area contributed by atoms with Crippen LogP contribution in [0.15, 0.2) is 24.3 Å². The van der Waals surface area contributed by atoms with E-state index in [1.54, 1.807) is 12.1 Å². The number of nitrogens with two attached hydrogens (primary N) is 1. The van der Waals surface area contributed by atoms with Crippen molar-refractivity contribution in [3.63, 3.8) is 0 Å². The van der Waals surface area contributed by atoms with Gasteiger partial charge in [-0.2, -0.15) is 0 Å². The second-order valence-electron chi connectivity index (χ2n) is 4.10. The predicted molar refractivity (Wildman–Crippen MR) is 84.6 cm³/mol. The Morgan fingerprint density at radius 2 is 1.86 bits per heavy atom. The van der Waals surface area contributed by atoms with E-state index in [9.17, 15) is 19.5 Å². The Bertz CT molecular complexity index is 788. The van der Waals surface area contributed by atoms with Crippen LogP contribution in [0.2, 0.25) is 10.0 Å². The first-order chi connectivity index (χ1) is 10.3. The van der Waals surface area contributed by atoms with Crippen LogP contribution >= 0.6 is 34.5 Å². The van der Waals surface area contributed by atoms with Crippen molar-refractivity contribution in [3.8, 4) is 10.4 Å². The molecule has 0 saturated heterocycles. The van der Waals surface area contributed by atoms with Crippen LogP contribution in [0, 0.1) is 0 Å². The summed E-state index contributed by atoms with van der Waals surface area (Å²) in [6.45, 7) is 0. The van der Waals surface area contributed by atoms with Crippen molar-refractivity contribution in [2.45, 2.75) is 0 Å². The van der Waals surface area contributed by atoms with E-state index in [4.69, 9.17) is 28.9 Å². The molecule has 114 valence electrons. The number of benzene rings is 1. The molecule has 6 nitrogen and oxygen atoms in total. The van der Waals surface area contributed by atoms with Crippen molar-refractivity contribution in [2.24, 2.45) is 5.73 Å². The van der Waals surface area contributed by atoms with Gasteiger partial charge in [-0.05, 0) is 18.2 Å². The van der Waals surface area contributed by atoms with Gasteiger partial charge in [-0.3, -0.25) is 9.59 Å². The van der Waals surface area contributed by atoms with Crippen molar-refractivity contribution in [1.29, 1.82) is 0 Å². The average Bonchev–Trinajstić information content (AvgIpc) is 2.82. The number of carbonyl (C=O) groups is 3. The van der Waals surface area contributed by atoms with Crippen LogP contribution in [-0.2, 0) is 9.59 Å². The highest BCUT2D eigenvalue weighted by Gasteiger charge is 2.20. The zero-order valence-corrected chi connectivity index (χ0v) is 13.1. The molecule has 4 N–H and O–H groups in total. The number of primary amides is 1. The Morgan fingerprint density at radius 1 is 1.18 bits per heavy atom. The van der Waals surface area contributed by atoms with Crippen molar-refractivity contribution < 1.29 is 19.5 Å². The molecule has 1 aromatic carbocycles. The lowest BCUT2D eigenvalue weighted by Gasteiger charge is -2.01. The quantitative estimate of drug-likeness (QED) is 0.732. The lowest BCUT2D eigenvalue weighted by molar-refractivity contribution is -0.134. The molecular weight excluding hydrogens is 351 g/mol. The van der Waals surface area contributed by atoms with Crippen LogP contribution in [0.1, 0.15) is 10.4 Å².